The highest BCUT2D eigenvalue weighted by atomic mass is 32.2. The number of aromatic nitrogens is 2. The summed E-state index contributed by atoms with van der Waals surface area (Å²) in [5.41, 5.74) is -0.143. The summed E-state index contributed by atoms with van der Waals surface area (Å²) >= 11 is 3.10. The first-order valence-corrected chi connectivity index (χ1v) is 7.78. The topological polar surface area (TPSA) is 54.7 Å². The minimum Gasteiger partial charge on any atom is -0.323 e. The van der Waals surface area contributed by atoms with Gasteiger partial charge in [0, 0.05) is 30.1 Å². The smallest absolute Gasteiger partial charge is 0.271 e. The second kappa shape index (κ2) is 4.35. The van der Waals surface area contributed by atoms with E-state index in [0.717, 1.165) is 5.75 Å². The Kier molecular flexibility index (Phi) is 2.90. The standard InChI is InChI=1S/C12H13N3O2S2/c1-12(2)15(4-6-19-12)10(17)8-7-13-11-14(9(8)16)3-5-18-11/h3,5,7H,4,6H2,1-2H3. The molecule has 100 valence electrons. The van der Waals surface area contributed by atoms with Crippen molar-refractivity contribution in [1.29, 1.82) is 0 Å². The van der Waals surface area contributed by atoms with Gasteiger partial charge in [-0.15, -0.1) is 23.1 Å². The van der Waals surface area contributed by atoms with Gasteiger partial charge >= 0.3 is 0 Å². The molecule has 1 amide bonds. The fraction of sp³-hybridized carbons (Fsp3) is 0.417. The van der Waals surface area contributed by atoms with Gasteiger partial charge in [0.1, 0.15) is 5.56 Å². The molecule has 0 saturated carbocycles. The number of fused-ring (bicyclic) bond motifs is 1. The van der Waals surface area contributed by atoms with Crippen LogP contribution in [0, 0.1) is 0 Å². The molecule has 1 aliphatic rings. The molecule has 19 heavy (non-hydrogen) atoms. The summed E-state index contributed by atoms with van der Waals surface area (Å²) in [6, 6.07) is 0. The Labute approximate surface area is 118 Å². The van der Waals surface area contributed by atoms with E-state index in [1.165, 1.54) is 21.9 Å². The van der Waals surface area contributed by atoms with Crippen molar-refractivity contribution < 1.29 is 4.79 Å². The highest BCUT2D eigenvalue weighted by molar-refractivity contribution is 8.00. The molecule has 1 aliphatic heterocycles. The quantitative estimate of drug-likeness (QED) is 0.803. The Morgan fingerprint density at radius 1 is 1.47 bits per heavy atom. The average Bonchev–Trinajstić information content (AvgIpc) is 2.95. The van der Waals surface area contributed by atoms with Crippen LogP contribution < -0.4 is 5.56 Å². The van der Waals surface area contributed by atoms with E-state index in [0.29, 0.717) is 11.5 Å². The minimum absolute atomic E-state index is 0.145. The third kappa shape index (κ3) is 1.97. The van der Waals surface area contributed by atoms with Crippen molar-refractivity contribution in [2.75, 3.05) is 12.3 Å². The highest BCUT2D eigenvalue weighted by Crippen LogP contribution is 2.35. The van der Waals surface area contributed by atoms with Crippen molar-refractivity contribution in [3.63, 3.8) is 0 Å². The number of amides is 1. The van der Waals surface area contributed by atoms with E-state index in [4.69, 9.17) is 0 Å². The van der Waals surface area contributed by atoms with Crippen LogP contribution in [0.4, 0.5) is 0 Å². The summed E-state index contributed by atoms with van der Waals surface area (Å²) in [7, 11) is 0. The van der Waals surface area contributed by atoms with Gasteiger partial charge in [-0.05, 0) is 13.8 Å². The maximum Gasteiger partial charge on any atom is 0.271 e. The number of rotatable bonds is 1. The molecule has 0 N–H and O–H groups in total. The van der Waals surface area contributed by atoms with Crippen LogP contribution in [0.25, 0.3) is 4.96 Å². The van der Waals surface area contributed by atoms with Crippen LogP contribution in [-0.4, -0.2) is 37.4 Å². The molecule has 2 aromatic rings. The minimum atomic E-state index is -0.288. The molecular formula is C12H13N3O2S2. The number of nitrogens with zero attached hydrogens (tertiary/aromatic N) is 3. The maximum atomic E-state index is 12.5. The number of carbonyl (C=O) groups excluding carboxylic acids is 1. The van der Waals surface area contributed by atoms with Gasteiger partial charge in [0.15, 0.2) is 4.96 Å². The zero-order valence-corrected chi connectivity index (χ0v) is 12.3. The Morgan fingerprint density at radius 3 is 2.95 bits per heavy atom. The van der Waals surface area contributed by atoms with Crippen LogP contribution in [0.2, 0.25) is 0 Å². The van der Waals surface area contributed by atoms with Gasteiger partial charge in [0.05, 0.1) is 4.87 Å². The zero-order valence-electron chi connectivity index (χ0n) is 10.6. The molecule has 1 saturated heterocycles. The molecule has 0 radical (unpaired) electrons. The van der Waals surface area contributed by atoms with E-state index >= 15 is 0 Å². The first kappa shape index (κ1) is 12.7. The molecule has 5 nitrogen and oxygen atoms in total. The molecule has 0 bridgehead atoms. The first-order chi connectivity index (χ1) is 9.00. The summed E-state index contributed by atoms with van der Waals surface area (Å²) in [6.45, 7) is 4.66. The van der Waals surface area contributed by atoms with Crippen molar-refractivity contribution in [1.82, 2.24) is 14.3 Å². The monoisotopic (exact) mass is 295 g/mol. The maximum absolute atomic E-state index is 12.5. The van der Waals surface area contributed by atoms with Crippen LogP contribution in [0.3, 0.4) is 0 Å². The van der Waals surface area contributed by atoms with Crippen LogP contribution >= 0.6 is 23.1 Å². The van der Waals surface area contributed by atoms with Crippen molar-refractivity contribution in [3.8, 4) is 0 Å². The summed E-state index contributed by atoms with van der Waals surface area (Å²) in [5.74, 6) is 0.668. The number of hydrogen-bond donors (Lipinski definition) is 0. The fourth-order valence-electron chi connectivity index (χ4n) is 2.20. The van der Waals surface area contributed by atoms with Gasteiger partial charge in [0.25, 0.3) is 11.5 Å². The molecular weight excluding hydrogens is 282 g/mol. The van der Waals surface area contributed by atoms with E-state index in [1.807, 2.05) is 13.8 Å². The molecule has 0 unspecified atom stereocenters. The third-order valence-corrected chi connectivity index (χ3v) is 5.32. The molecule has 2 aromatic heterocycles. The highest BCUT2D eigenvalue weighted by Gasteiger charge is 2.37. The predicted molar refractivity (Wildman–Crippen MR) is 76.9 cm³/mol. The lowest BCUT2D eigenvalue weighted by Gasteiger charge is -2.30. The van der Waals surface area contributed by atoms with Gasteiger partial charge in [-0.2, -0.15) is 0 Å². The van der Waals surface area contributed by atoms with Crippen LogP contribution in [0.5, 0.6) is 0 Å². The molecule has 0 spiro atoms. The van der Waals surface area contributed by atoms with Gasteiger partial charge in [-0.1, -0.05) is 0 Å². The van der Waals surface area contributed by atoms with E-state index < -0.39 is 0 Å². The largest absolute Gasteiger partial charge is 0.323 e. The summed E-state index contributed by atoms with van der Waals surface area (Å²) < 4.78 is 1.42. The van der Waals surface area contributed by atoms with E-state index in [1.54, 1.807) is 28.2 Å². The Bertz CT molecular complexity index is 704. The van der Waals surface area contributed by atoms with Crippen molar-refractivity contribution >= 4 is 34.0 Å². The Hall–Kier alpha value is -1.34. The van der Waals surface area contributed by atoms with Gasteiger partial charge < -0.3 is 4.90 Å². The van der Waals surface area contributed by atoms with Crippen LogP contribution in [0.15, 0.2) is 22.6 Å². The van der Waals surface area contributed by atoms with E-state index in [2.05, 4.69) is 4.98 Å². The molecule has 0 aromatic carbocycles. The third-order valence-electron chi connectivity index (χ3n) is 3.24. The molecule has 0 aliphatic carbocycles. The molecule has 0 atom stereocenters. The summed E-state index contributed by atoms with van der Waals surface area (Å²) in [6.07, 6.45) is 3.05. The van der Waals surface area contributed by atoms with Crippen LogP contribution in [0.1, 0.15) is 24.2 Å². The molecule has 3 rings (SSSR count). The average molecular weight is 295 g/mol. The number of hydrogen-bond acceptors (Lipinski definition) is 5. The molecule has 3 heterocycles. The van der Waals surface area contributed by atoms with Crippen molar-refractivity contribution in [3.05, 3.63) is 33.7 Å². The SMILES string of the molecule is CC1(C)SCCN1C(=O)c1cnc2sccn2c1=O. The zero-order chi connectivity index (χ0) is 13.6. The van der Waals surface area contributed by atoms with Crippen molar-refractivity contribution in [2.24, 2.45) is 0 Å². The summed E-state index contributed by atoms with van der Waals surface area (Å²) in [5, 5.41) is 1.79. The van der Waals surface area contributed by atoms with Crippen molar-refractivity contribution in [2.45, 2.75) is 18.7 Å². The first-order valence-electron chi connectivity index (χ1n) is 5.91. The molecule has 1 fully saturated rings. The normalized spacial score (nSPS) is 18.1. The van der Waals surface area contributed by atoms with E-state index in [9.17, 15) is 9.59 Å². The number of carbonyl (C=O) groups is 1. The Morgan fingerprint density at radius 2 is 2.26 bits per heavy atom. The lowest BCUT2D eigenvalue weighted by molar-refractivity contribution is 0.0705. The number of thiazole rings is 1. The predicted octanol–water partition coefficient (Wildman–Crippen LogP) is 1.68. The van der Waals surface area contributed by atoms with Gasteiger partial charge in [-0.3, -0.25) is 14.0 Å². The lowest BCUT2D eigenvalue weighted by atomic mass is 10.2. The van der Waals surface area contributed by atoms with Crippen LogP contribution in [-0.2, 0) is 0 Å². The number of thioether (sulfide) groups is 1. The van der Waals surface area contributed by atoms with E-state index in [-0.39, 0.29) is 21.9 Å². The second-order valence-electron chi connectivity index (χ2n) is 4.78. The fourth-order valence-corrected chi connectivity index (χ4v) is 3.98. The summed E-state index contributed by atoms with van der Waals surface area (Å²) in [4.78, 5) is 31.0. The van der Waals surface area contributed by atoms with Gasteiger partial charge in [-0.25, -0.2) is 4.98 Å². The second-order valence-corrected chi connectivity index (χ2v) is 7.35. The van der Waals surface area contributed by atoms with Gasteiger partial charge in [0.2, 0.25) is 0 Å². The lowest BCUT2D eigenvalue weighted by Crippen LogP contribution is -2.43. The Balaban J connectivity index is 2.07. The molecule has 7 heteroatoms.